The molecule has 2 aromatic rings. The molecule has 1 atom stereocenters. The van der Waals surface area contributed by atoms with Crippen LogP contribution in [0.1, 0.15) is 29.7 Å². The van der Waals surface area contributed by atoms with Crippen LogP contribution in [0.15, 0.2) is 46.9 Å². The third-order valence-corrected chi connectivity index (χ3v) is 4.04. The highest BCUT2D eigenvalue weighted by atomic mass is 79.9. The Morgan fingerprint density at radius 1 is 1.11 bits per heavy atom. The molecule has 1 nitrogen and oxygen atoms in total. The van der Waals surface area contributed by atoms with Crippen molar-refractivity contribution < 1.29 is 4.39 Å². The highest BCUT2D eigenvalue weighted by molar-refractivity contribution is 9.10. The number of hydrogen-bond donors (Lipinski definition) is 1. The highest BCUT2D eigenvalue weighted by Crippen LogP contribution is 2.31. The predicted molar refractivity (Wildman–Crippen MR) is 80.8 cm³/mol. The average molecular weight is 322 g/mol. The minimum Gasteiger partial charge on any atom is -0.306 e. The zero-order valence-corrected chi connectivity index (χ0v) is 12.7. The molecule has 0 heterocycles. The third-order valence-electron chi connectivity index (χ3n) is 3.20. The van der Waals surface area contributed by atoms with E-state index in [9.17, 15) is 4.39 Å². The molecule has 0 aliphatic heterocycles. The summed E-state index contributed by atoms with van der Waals surface area (Å²) in [7, 11) is 0. The molecule has 3 heteroatoms. The highest BCUT2D eigenvalue weighted by Gasteiger charge is 2.18. The molecule has 1 N–H and O–H groups in total. The van der Waals surface area contributed by atoms with E-state index in [0.717, 1.165) is 12.1 Å². The zero-order chi connectivity index (χ0) is 13.8. The molecule has 2 rings (SSSR count). The summed E-state index contributed by atoms with van der Waals surface area (Å²) in [5.41, 5.74) is 3.30. The van der Waals surface area contributed by atoms with Gasteiger partial charge in [0.1, 0.15) is 5.82 Å². The van der Waals surface area contributed by atoms with Gasteiger partial charge < -0.3 is 5.32 Å². The maximum absolute atomic E-state index is 13.7. The van der Waals surface area contributed by atoms with Gasteiger partial charge >= 0.3 is 0 Å². The molecular formula is C16H17BrFN. The van der Waals surface area contributed by atoms with E-state index < -0.39 is 0 Å². The maximum atomic E-state index is 13.7. The lowest BCUT2D eigenvalue weighted by atomic mass is 9.95. The first-order chi connectivity index (χ1) is 9.15. The summed E-state index contributed by atoms with van der Waals surface area (Å²) >= 11 is 3.36. The van der Waals surface area contributed by atoms with Crippen LogP contribution < -0.4 is 5.32 Å². The van der Waals surface area contributed by atoms with Gasteiger partial charge in [0.25, 0.3) is 0 Å². The molecular weight excluding hydrogens is 305 g/mol. The normalized spacial score (nSPS) is 12.4. The van der Waals surface area contributed by atoms with Crippen molar-refractivity contribution in [2.24, 2.45) is 0 Å². The molecule has 100 valence electrons. The van der Waals surface area contributed by atoms with Crippen LogP contribution in [0.5, 0.6) is 0 Å². The lowest BCUT2D eigenvalue weighted by Crippen LogP contribution is -2.23. The Balaban J connectivity index is 2.52. The minimum absolute atomic E-state index is 0.00345. The predicted octanol–water partition coefficient (Wildman–Crippen LogP) is 4.60. The molecule has 0 aliphatic carbocycles. The molecule has 0 aliphatic rings. The fourth-order valence-electron chi connectivity index (χ4n) is 2.25. The Bertz CT molecular complexity index is 568. The first kappa shape index (κ1) is 14.2. The van der Waals surface area contributed by atoms with Crippen molar-refractivity contribution in [3.05, 3.63) is 69.4 Å². The zero-order valence-electron chi connectivity index (χ0n) is 11.1. The second kappa shape index (κ2) is 6.31. The molecule has 2 aromatic carbocycles. The van der Waals surface area contributed by atoms with Crippen molar-refractivity contribution >= 4 is 15.9 Å². The van der Waals surface area contributed by atoms with Crippen LogP contribution in [0, 0.1) is 12.7 Å². The largest absolute Gasteiger partial charge is 0.306 e. The Hall–Kier alpha value is -1.19. The van der Waals surface area contributed by atoms with Crippen LogP contribution in [0.4, 0.5) is 4.39 Å². The number of nitrogens with one attached hydrogen (secondary N) is 1. The summed E-state index contributed by atoms with van der Waals surface area (Å²) in [6.07, 6.45) is 0. The summed E-state index contributed by atoms with van der Waals surface area (Å²) in [5.74, 6) is -0.228. The average Bonchev–Trinajstić information content (AvgIpc) is 2.41. The first-order valence-electron chi connectivity index (χ1n) is 6.38. The van der Waals surface area contributed by atoms with Crippen molar-refractivity contribution in [2.45, 2.75) is 19.9 Å². The van der Waals surface area contributed by atoms with E-state index in [-0.39, 0.29) is 11.9 Å². The minimum atomic E-state index is -0.228. The molecule has 0 spiro atoms. The van der Waals surface area contributed by atoms with Gasteiger partial charge in [-0.25, -0.2) is 4.39 Å². The molecule has 0 saturated carbocycles. The smallest absolute Gasteiger partial charge is 0.137 e. The van der Waals surface area contributed by atoms with Gasteiger partial charge in [-0.3, -0.25) is 0 Å². The molecule has 1 unspecified atom stereocenters. The Kier molecular flexibility index (Phi) is 4.72. The van der Waals surface area contributed by atoms with E-state index in [4.69, 9.17) is 0 Å². The fourth-order valence-corrected chi connectivity index (χ4v) is 2.74. The molecule has 0 saturated heterocycles. The lowest BCUT2D eigenvalue weighted by molar-refractivity contribution is 0.594. The van der Waals surface area contributed by atoms with Crippen molar-refractivity contribution in [1.82, 2.24) is 5.32 Å². The van der Waals surface area contributed by atoms with Crippen molar-refractivity contribution in [3.8, 4) is 0 Å². The Morgan fingerprint density at radius 2 is 1.79 bits per heavy atom. The Labute approximate surface area is 122 Å². The van der Waals surface area contributed by atoms with Crippen LogP contribution >= 0.6 is 15.9 Å². The number of rotatable bonds is 4. The first-order valence-corrected chi connectivity index (χ1v) is 7.17. The van der Waals surface area contributed by atoms with Crippen molar-refractivity contribution in [2.75, 3.05) is 6.54 Å². The molecule has 0 aromatic heterocycles. The van der Waals surface area contributed by atoms with Gasteiger partial charge in [0.15, 0.2) is 0 Å². The van der Waals surface area contributed by atoms with Crippen LogP contribution in [-0.4, -0.2) is 6.54 Å². The molecule has 19 heavy (non-hydrogen) atoms. The molecule has 0 fully saturated rings. The summed E-state index contributed by atoms with van der Waals surface area (Å²) in [6.45, 7) is 4.95. The van der Waals surface area contributed by atoms with Crippen LogP contribution in [-0.2, 0) is 0 Å². The van der Waals surface area contributed by atoms with E-state index in [2.05, 4.69) is 47.2 Å². The lowest BCUT2D eigenvalue weighted by Gasteiger charge is -2.22. The van der Waals surface area contributed by atoms with E-state index in [1.807, 2.05) is 18.2 Å². The summed E-state index contributed by atoms with van der Waals surface area (Å²) in [5, 5.41) is 3.43. The van der Waals surface area contributed by atoms with E-state index in [1.165, 1.54) is 17.2 Å². The van der Waals surface area contributed by atoms with Crippen LogP contribution in [0.3, 0.4) is 0 Å². The van der Waals surface area contributed by atoms with Gasteiger partial charge in [-0.2, -0.15) is 0 Å². The second-order valence-corrected chi connectivity index (χ2v) is 5.28. The molecule has 0 bridgehead atoms. The number of benzene rings is 2. The van der Waals surface area contributed by atoms with Gasteiger partial charge in [0.2, 0.25) is 0 Å². The van der Waals surface area contributed by atoms with Crippen LogP contribution in [0.25, 0.3) is 0 Å². The molecule has 0 radical (unpaired) electrons. The summed E-state index contributed by atoms with van der Waals surface area (Å²) < 4.78 is 14.3. The van der Waals surface area contributed by atoms with E-state index in [0.29, 0.717) is 4.47 Å². The number of halogens is 2. The fraction of sp³-hybridized carbons (Fsp3) is 0.250. The van der Waals surface area contributed by atoms with Gasteiger partial charge in [0, 0.05) is 0 Å². The second-order valence-electron chi connectivity index (χ2n) is 4.49. The SMILES string of the molecule is CCNC(c1ccccc1C)c1cccc(F)c1Br. The van der Waals surface area contributed by atoms with Crippen molar-refractivity contribution in [3.63, 3.8) is 0 Å². The quantitative estimate of drug-likeness (QED) is 0.868. The number of hydrogen-bond acceptors (Lipinski definition) is 1. The monoisotopic (exact) mass is 321 g/mol. The van der Waals surface area contributed by atoms with Gasteiger partial charge in [-0.15, -0.1) is 0 Å². The van der Waals surface area contributed by atoms with E-state index >= 15 is 0 Å². The van der Waals surface area contributed by atoms with Crippen LogP contribution in [0.2, 0.25) is 0 Å². The number of aryl methyl sites for hydroxylation is 1. The van der Waals surface area contributed by atoms with Gasteiger partial charge in [-0.05, 0) is 52.2 Å². The Morgan fingerprint density at radius 3 is 2.47 bits per heavy atom. The molecule has 0 amide bonds. The third kappa shape index (κ3) is 3.04. The van der Waals surface area contributed by atoms with Crippen molar-refractivity contribution in [1.29, 1.82) is 0 Å². The summed E-state index contributed by atoms with van der Waals surface area (Å²) in [4.78, 5) is 0. The summed E-state index contributed by atoms with van der Waals surface area (Å²) in [6, 6.07) is 13.4. The van der Waals surface area contributed by atoms with Gasteiger partial charge in [0.05, 0.1) is 10.5 Å². The van der Waals surface area contributed by atoms with Gasteiger partial charge in [-0.1, -0.05) is 43.3 Å². The standard InChI is InChI=1S/C16H17BrFN/c1-3-19-16(12-8-5-4-7-11(12)2)13-9-6-10-14(18)15(13)17/h4-10,16,19H,3H2,1-2H3. The van der Waals surface area contributed by atoms with E-state index in [1.54, 1.807) is 6.07 Å². The maximum Gasteiger partial charge on any atom is 0.137 e. The topological polar surface area (TPSA) is 12.0 Å².